The van der Waals surface area contributed by atoms with Gasteiger partial charge >= 0.3 is 0 Å². The van der Waals surface area contributed by atoms with Gasteiger partial charge in [0.15, 0.2) is 11.5 Å². The fourth-order valence-corrected chi connectivity index (χ4v) is 4.60. The molecule has 0 saturated carbocycles. The number of non-ortho nitro benzene ring substituents is 1. The molecule has 0 spiro atoms. The first-order valence-corrected chi connectivity index (χ1v) is 11.1. The summed E-state index contributed by atoms with van der Waals surface area (Å²) in [5, 5.41) is 10.8. The third-order valence-corrected chi connectivity index (χ3v) is 6.43. The van der Waals surface area contributed by atoms with Crippen LogP contribution in [-0.4, -0.2) is 33.7 Å². The van der Waals surface area contributed by atoms with E-state index < -0.39 is 4.92 Å². The molecule has 1 amide bonds. The summed E-state index contributed by atoms with van der Waals surface area (Å²) in [7, 11) is 1.66. The number of halogens is 1. The molecule has 2 aromatic rings. The van der Waals surface area contributed by atoms with Gasteiger partial charge in [-0.1, -0.05) is 24.0 Å². The molecule has 2 aromatic carbocycles. The van der Waals surface area contributed by atoms with Crippen molar-refractivity contribution in [2.75, 3.05) is 13.7 Å². The smallest absolute Gasteiger partial charge is 0.269 e. The van der Waals surface area contributed by atoms with Crippen LogP contribution in [0.1, 0.15) is 18.1 Å². The van der Waals surface area contributed by atoms with Crippen molar-refractivity contribution in [2.45, 2.75) is 13.5 Å². The summed E-state index contributed by atoms with van der Waals surface area (Å²) < 4.78 is 13.1. The topological polar surface area (TPSA) is 81.9 Å². The number of likely N-dealkylation sites (N-methyl/N-ethyl adjacent to an activating group) is 1. The van der Waals surface area contributed by atoms with Gasteiger partial charge in [-0.15, -0.1) is 0 Å². The first-order chi connectivity index (χ1) is 14.3. The zero-order valence-electron chi connectivity index (χ0n) is 16.1. The van der Waals surface area contributed by atoms with Crippen LogP contribution in [0, 0.1) is 13.7 Å². The molecular formula is C20H17IN2O5S2. The zero-order chi connectivity index (χ0) is 21.8. The van der Waals surface area contributed by atoms with Crippen LogP contribution in [0.25, 0.3) is 6.08 Å². The van der Waals surface area contributed by atoms with Crippen molar-refractivity contribution >= 4 is 68.6 Å². The van der Waals surface area contributed by atoms with E-state index in [-0.39, 0.29) is 18.2 Å². The summed E-state index contributed by atoms with van der Waals surface area (Å²) in [5.41, 5.74) is 1.64. The van der Waals surface area contributed by atoms with E-state index in [1.807, 2.05) is 19.1 Å². The van der Waals surface area contributed by atoms with E-state index in [9.17, 15) is 14.9 Å². The van der Waals surface area contributed by atoms with Gasteiger partial charge in [0.05, 0.1) is 20.0 Å². The number of benzene rings is 2. The molecule has 1 saturated heterocycles. The second kappa shape index (κ2) is 9.75. The van der Waals surface area contributed by atoms with Gasteiger partial charge in [-0.3, -0.25) is 19.8 Å². The van der Waals surface area contributed by atoms with Crippen LogP contribution in [0.2, 0.25) is 0 Å². The molecule has 30 heavy (non-hydrogen) atoms. The number of carbonyl (C=O) groups is 1. The Hall–Kier alpha value is -2.18. The molecule has 1 heterocycles. The standard InChI is InChI=1S/C20H17IN2O5S2/c1-3-27-16-9-13(10-17-19(24)22(2)20(29)30-17)8-15(21)18(16)28-11-12-4-6-14(7-5-12)23(25)26/h4-10H,3,11H2,1-2H3/b17-10-. The third-order valence-electron chi connectivity index (χ3n) is 4.15. The van der Waals surface area contributed by atoms with Crippen LogP contribution in [0.5, 0.6) is 11.5 Å². The Morgan fingerprint density at radius 1 is 1.27 bits per heavy atom. The van der Waals surface area contributed by atoms with E-state index >= 15 is 0 Å². The molecule has 0 bridgehead atoms. The number of nitro groups is 1. The molecule has 0 aromatic heterocycles. The molecule has 0 atom stereocenters. The van der Waals surface area contributed by atoms with Gasteiger partial charge in [0, 0.05) is 19.2 Å². The van der Waals surface area contributed by atoms with Crippen LogP contribution in [0.4, 0.5) is 5.69 Å². The molecule has 1 aliphatic rings. The number of nitro benzene ring substituents is 1. The maximum atomic E-state index is 12.3. The van der Waals surface area contributed by atoms with Crippen molar-refractivity contribution in [1.82, 2.24) is 4.90 Å². The Labute approximate surface area is 196 Å². The molecule has 0 aliphatic carbocycles. The van der Waals surface area contributed by atoms with Crippen molar-refractivity contribution < 1.29 is 19.2 Å². The summed E-state index contributed by atoms with van der Waals surface area (Å²) >= 11 is 8.59. The molecule has 3 rings (SSSR count). The lowest BCUT2D eigenvalue weighted by Crippen LogP contribution is -2.22. The molecule has 1 aliphatic heterocycles. The fraction of sp³-hybridized carbons (Fsp3) is 0.200. The van der Waals surface area contributed by atoms with Crippen molar-refractivity contribution in [2.24, 2.45) is 0 Å². The van der Waals surface area contributed by atoms with Crippen LogP contribution < -0.4 is 9.47 Å². The molecule has 0 N–H and O–H groups in total. The third kappa shape index (κ3) is 5.10. The minimum absolute atomic E-state index is 0.0326. The van der Waals surface area contributed by atoms with E-state index in [0.29, 0.717) is 27.3 Å². The number of thiocarbonyl (C=S) groups is 1. The van der Waals surface area contributed by atoms with E-state index in [2.05, 4.69) is 22.6 Å². The highest BCUT2D eigenvalue weighted by atomic mass is 127. The van der Waals surface area contributed by atoms with Crippen LogP contribution in [0.3, 0.4) is 0 Å². The number of nitrogens with zero attached hydrogens (tertiary/aromatic N) is 2. The quantitative estimate of drug-likeness (QED) is 0.156. The Morgan fingerprint density at radius 2 is 1.97 bits per heavy atom. The maximum absolute atomic E-state index is 12.3. The maximum Gasteiger partial charge on any atom is 0.269 e. The van der Waals surface area contributed by atoms with Crippen molar-refractivity contribution in [1.29, 1.82) is 0 Å². The molecule has 0 unspecified atom stereocenters. The van der Waals surface area contributed by atoms with Gasteiger partial charge in [0.1, 0.15) is 10.9 Å². The van der Waals surface area contributed by atoms with Gasteiger partial charge in [0.2, 0.25) is 0 Å². The second-order valence-corrected chi connectivity index (χ2v) is 9.05. The molecule has 10 heteroatoms. The van der Waals surface area contributed by atoms with Crippen molar-refractivity contribution in [3.8, 4) is 11.5 Å². The molecule has 156 valence electrons. The number of ether oxygens (including phenoxy) is 2. The minimum atomic E-state index is -0.439. The number of carbonyl (C=O) groups excluding carboxylic acids is 1. The van der Waals surface area contributed by atoms with E-state index in [1.165, 1.54) is 28.8 Å². The monoisotopic (exact) mass is 556 g/mol. The van der Waals surface area contributed by atoms with Gasteiger partial charge in [-0.25, -0.2) is 0 Å². The zero-order valence-corrected chi connectivity index (χ0v) is 19.9. The first-order valence-electron chi connectivity index (χ1n) is 8.84. The summed E-state index contributed by atoms with van der Waals surface area (Å²) in [6, 6.07) is 9.93. The lowest BCUT2D eigenvalue weighted by atomic mass is 10.1. The Bertz CT molecular complexity index is 1040. The number of hydrogen-bond donors (Lipinski definition) is 0. The number of amides is 1. The van der Waals surface area contributed by atoms with Crippen LogP contribution in [-0.2, 0) is 11.4 Å². The van der Waals surface area contributed by atoms with Gasteiger partial charge in [0.25, 0.3) is 11.6 Å². The van der Waals surface area contributed by atoms with Crippen LogP contribution in [0.15, 0.2) is 41.3 Å². The fourth-order valence-electron chi connectivity index (χ4n) is 2.64. The Balaban J connectivity index is 1.84. The summed E-state index contributed by atoms with van der Waals surface area (Å²) in [4.78, 5) is 24.6. The summed E-state index contributed by atoms with van der Waals surface area (Å²) in [6.07, 6.45) is 1.79. The molecule has 7 nitrogen and oxygen atoms in total. The highest BCUT2D eigenvalue weighted by Gasteiger charge is 2.28. The van der Waals surface area contributed by atoms with Crippen molar-refractivity contribution in [3.05, 3.63) is 66.1 Å². The second-order valence-electron chi connectivity index (χ2n) is 6.22. The van der Waals surface area contributed by atoms with Crippen molar-refractivity contribution in [3.63, 3.8) is 0 Å². The van der Waals surface area contributed by atoms with E-state index in [4.69, 9.17) is 21.7 Å². The average molecular weight is 556 g/mol. The van der Waals surface area contributed by atoms with Gasteiger partial charge < -0.3 is 9.47 Å². The van der Waals surface area contributed by atoms with E-state index in [0.717, 1.165) is 14.7 Å². The Morgan fingerprint density at radius 3 is 2.53 bits per heavy atom. The van der Waals surface area contributed by atoms with Gasteiger partial charge in [-0.2, -0.15) is 0 Å². The largest absolute Gasteiger partial charge is 0.490 e. The molecule has 1 fully saturated rings. The van der Waals surface area contributed by atoms with Gasteiger partial charge in [-0.05, 0) is 71.0 Å². The first kappa shape index (κ1) is 22.5. The van der Waals surface area contributed by atoms with E-state index in [1.54, 1.807) is 25.3 Å². The lowest BCUT2D eigenvalue weighted by Gasteiger charge is -2.15. The average Bonchev–Trinajstić information content (AvgIpc) is 2.94. The Kier molecular flexibility index (Phi) is 7.32. The SMILES string of the molecule is CCOc1cc(/C=C2\SC(=S)N(C)C2=O)cc(I)c1OCc1ccc([N+](=O)[O-])cc1. The predicted molar refractivity (Wildman–Crippen MR) is 129 cm³/mol. The summed E-state index contributed by atoms with van der Waals surface area (Å²) in [5.74, 6) is 1.01. The number of hydrogen-bond acceptors (Lipinski definition) is 7. The minimum Gasteiger partial charge on any atom is -0.490 e. The lowest BCUT2D eigenvalue weighted by molar-refractivity contribution is -0.384. The normalized spacial score (nSPS) is 15.0. The number of rotatable bonds is 7. The predicted octanol–water partition coefficient (Wildman–Crippen LogP) is 5.01. The highest BCUT2D eigenvalue weighted by Crippen LogP contribution is 2.37. The number of thioether (sulfide) groups is 1. The molecule has 0 radical (unpaired) electrons. The summed E-state index contributed by atoms with van der Waals surface area (Å²) in [6.45, 7) is 2.56. The molecular weight excluding hydrogens is 539 g/mol. The highest BCUT2D eigenvalue weighted by molar-refractivity contribution is 14.1. The van der Waals surface area contributed by atoms with Crippen LogP contribution >= 0.6 is 46.6 Å².